The number of Topliss-reactive ketones (excluding diaryl/α,β-unsaturated/α-hetero) is 1. The lowest BCUT2D eigenvalue weighted by molar-refractivity contribution is -0.143. The van der Waals surface area contributed by atoms with Crippen molar-refractivity contribution in [1.29, 1.82) is 0 Å². The normalized spacial score (nSPS) is 28.4. The highest BCUT2D eigenvalue weighted by atomic mass is 32.1. The predicted molar refractivity (Wildman–Crippen MR) is 135 cm³/mol. The van der Waals surface area contributed by atoms with Crippen LogP contribution < -0.4 is 14.8 Å². The molecule has 2 heterocycles. The van der Waals surface area contributed by atoms with E-state index in [-0.39, 0.29) is 49.2 Å². The molecule has 1 spiro atoms. The largest absolute Gasteiger partial charge is 0.480 e. The Morgan fingerprint density at radius 2 is 2.03 bits per heavy atom. The summed E-state index contributed by atoms with van der Waals surface area (Å²) in [4.78, 5) is 51.5. The fourth-order valence-electron chi connectivity index (χ4n) is 6.74. The molecule has 4 aliphatic rings. The van der Waals surface area contributed by atoms with Gasteiger partial charge in [-0.1, -0.05) is 19.9 Å². The summed E-state index contributed by atoms with van der Waals surface area (Å²) in [6, 6.07) is 3.05. The Balaban J connectivity index is 0.00000304. The van der Waals surface area contributed by atoms with E-state index in [1.807, 2.05) is 6.07 Å². The van der Waals surface area contributed by atoms with E-state index in [2.05, 4.69) is 17.3 Å². The quantitative estimate of drug-likeness (QED) is 0.415. The van der Waals surface area contributed by atoms with Gasteiger partial charge in [0.25, 0.3) is 0 Å². The number of nitrogens with one attached hydrogen (secondary N) is 1. The third-order valence-electron chi connectivity index (χ3n) is 8.40. The van der Waals surface area contributed by atoms with Crippen LogP contribution in [0.25, 0.3) is 0 Å². The van der Waals surface area contributed by atoms with E-state index in [1.54, 1.807) is 19.9 Å². The molecular formula is C26H34N2O7S. The lowest BCUT2D eigenvalue weighted by Gasteiger charge is -2.57. The Morgan fingerprint density at radius 3 is 2.72 bits per heavy atom. The highest BCUT2D eigenvalue weighted by Gasteiger charge is 2.65. The molecule has 5 rings (SSSR count). The molecule has 36 heavy (non-hydrogen) atoms. The zero-order chi connectivity index (χ0) is 25.1. The number of likely N-dealkylation sites (N-methyl/N-ethyl adjacent to an activating group) is 1. The zero-order valence-corrected chi connectivity index (χ0v) is 21.8. The number of carbonyl (C=O) groups excluding carboxylic acids is 3. The summed E-state index contributed by atoms with van der Waals surface area (Å²) >= 11 is 0. The molecule has 2 aliphatic carbocycles. The Hall–Kier alpha value is -2.59. The van der Waals surface area contributed by atoms with E-state index in [4.69, 9.17) is 9.47 Å². The van der Waals surface area contributed by atoms with Crippen molar-refractivity contribution in [2.75, 3.05) is 13.6 Å². The van der Waals surface area contributed by atoms with Gasteiger partial charge in [-0.2, -0.15) is 13.5 Å². The summed E-state index contributed by atoms with van der Waals surface area (Å²) < 4.78 is 11.9. The molecule has 0 aromatic heterocycles. The van der Waals surface area contributed by atoms with Crippen molar-refractivity contribution >= 4 is 37.1 Å². The first-order valence-corrected chi connectivity index (χ1v) is 12.4. The number of aliphatic carboxylic acids is 1. The summed E-state index contributed by atoms with van der Waals surface area (Å²) in [5, 5.41) is 11.7. The molecule has 10 heteroatoms. The number of amides is 1. The van der Waals surface area contributed by atoms with Gasteiger partial charge in [-0.15, -0.1) is 0 Å². The minimum Gasteiger partial charge on any atom is -0.480 e. The number of carbonyl (C=O) groups is 4. The number of rotatable bonds is 7. The average molecular weight is 519 g/mol. The van der Waals surface area contributed by atoms with Gasteiger partial charge < -0.3 is 24.8 Å². The molecule has 0 radical (unpaired) electrons. The Morgan fingerprint density at radius 1 is 1.28 bits per heavy atom. The van der Waals surface area contributed by atoms with Gasteiger partial charge in [-0.3, -0.25) is 14.4 Å². The number of ether oxygens (including phenoxy) is 2. The molecule has 2 bridgehead atoms. The fourth-order valence-corrected chi connectivity index (χ4v) is 6.74. The number of carboxylic acids is 1. The zero-order valence-electron chi connectivity index (χ0n) is 20.8. The maximum absolute atomic E-state index is 13.0. The molecule has 1 aromatic rings. The van der Waals surface area contributed by atoms with Crippen molar-refractivity contribution in [3.05, 3.63) is 23.3 Å². The van der Waals surface area contributed by atoms with Crippen LogP contribution in [-0.4, -0.2) is 65.4 Å². The molecule has 2 aliphatic heterocycles. The van der Waals surface area contributed by atoms with E-state index >= 15 is 0 Å². The Labute approximate surface area is 217 Å². The van der Waals surface area contributed by atoms with Gasteiger partial charge in [0.05, 0.1) is 6.42 Å². The molecule has 1 saturated carbocycles. The van der Waals surface area contributed by atoms with Crippen LogP contribution in [0.1, 0.15) is 57.1 Å². The van der Waals surface area contributed by atoms with Crippen LogP contribution in [0.4, 0.5) is 0 Å². The summed E-state index contributed by atoms with van der Waals surface area (Å²) in [5.41, 5.74) is 1.83. The topological polar surface area (TPSA) is 122 Å². The maximum Gasteiger partial charge on any atom is 0.326 e. The number of nitrogens with zero attached hydrogens (tertiary/aromatic N) is 1. The van der Waals surface area contributed by atoms with Gasteiger partial charge in [0, 0.05) is 29.9 Å². The molecule has 2 fully saturated rings. The first-order valence-electron chi connectivity index (χ1n) is 12.4. The van der Waals surface area contributed by atoms with Crippen LogP contribution in [0.2, 0.25) is 0 Å². The molecule has 1 aromatic carbocycles. The van der Waals surface area contributed by atoms with E-state index in [0.717, 1.165) is 36.9 Å². The number of ketones is 1. The van der Waals surface area contributed by atoms with Crippen LogP contribution in [-0.2, 0) is 31.0 Å². The number of hydrogen-bond acceptors (Lipinski definition) is 7. The minimum absolute atomic E-state index is 0. The number of benzene rings is 1. The van der Waals surface area contributed by atoms with Crippen LogP contribution in [0, 0.1) is 11.8 Å². The van der Waals surface area contributed by atoms with E-state index in [0.29, 0.717) is 24.1 Å². The average Bonchev–Trinajstić information content (AvgIpc) is 3.16. The van der Waals surface area contributed by atoms with Crippen molar-refractivity contribution in [3.63, 3.8) is 0 Å². The van der Waals surface area contributed by atoms with Gasteiger partial charge in [-0.05, 0) is 56.3 Å². The standard InChI is InChI=1S/C26H32N2O7.H2S/c1-13(2)22(25(32)33)27-19(30)8-9-20(31)34-18-7-4-14-12-16-15-5-6-17(29)24-26(15,10-11-28(16)3)21(14)23(18)35-24;/h4,7,13,15-16,22,24H,5-6,8-12H2,1-3H3,(H,27,30)(H,32,33);1H2/t15?,16-,22?,24+,26+;/m1./s1. The molecule has 1 amide bonds. The van der Waals surface area contributed by atoms with E-state index in [9.17, 15) is 24.3 Å². The van der Waals surface area contributed by atoms with E-state index in [1.165, 1.54) is 0 Å². The van der Waals surface area contributed by atoms with Crippen molar-refractivity contribution in [2.24, 2.45) is 11.8 Å². The number of carboxylic acid groups (broad SMARTS) is 1. The Kier molecular flexibility index (Phi) is 7.13. The fraction of sp³-hybridized carbons (Fsp3) is 0.615. The van der Waals surface area contributed by atoms with Crippen molar-refractivity contribution in [2.45, 2.75) is 76.0 Å². The number of hydrogen-bond donors (Lipinski definition) is 2. The molecule has 5 atom stereocenters. The van der Waals surface area contributed by atoms with Gasteiger partial charge in [0.1, 0.15) is 6.04 Å². The molecule has 1 saturated heterocycles. The highest BCUT2D eigenvalue weighted by molar-refractivity contribution is 7.59. The second kappa shape index (κ2) is 9.70. The van der Waals surface area contributed by atoms with Crippen LogP contribution in [0.15, 0.2) is 12.1 Å². The lowest BCUT2D eigenvalue weighted by Crippen LogP contribution is -2.65. The van der Waals surface area contributed by atoms with Crippen LogP contribution >= 0.6 is 13.5 Å². The third-order valence-corrected chi connectivity index (χ3v) is 8.40. The van der Waals surface area contributed by atoms with Gasteiger partial charge in [0.15, 0.2) is 23.4 Å². The maximum atomic E-state index is 13.0. The third kappa shape index (κ3) is 4.08. The second-order valence-corrected chi connectivity index (χ2v) is 10.7. The predicted octanol–water partition coefficient (Wildman–Crippen LogP) is 1.95. The molecule has 9 nitrogen and oxygen atoms in total. The Bertz CT molecular complexity index is 1110. The lowest BCUT2D eigenvalue weighted by atomic mass is 9.52. The van der Waals surface area contributed by atoms with Crippen LogP contribution in [0.5, 0.6) is 11.5 Å². The number of piperidine rings is 1. The first kappa shape index (κ1) is 26.5. The first-order chi connectivity index (χ1) is 16.6. The molecule has 196 valence electrons. The highest BCUT2D eigenvalue weighted by Crippen LogP contribution is 2.63. The van der Waals surface area contributed by atoms with Gasteiger partial charge >= 0.3 is 11.9 Å². The molecule has 2 N–H and O–H groups in total. The summed E-state index contributed by atoms with van der Waals surface area (Å²) in [6.45, 7) is 4.29. The van der Waals surface area contributed by atoms with Gasteiger partial charge in [-0.25, -0.2) is 4.79 Å². The van der Waals surface area contributed by atoms with Crippen molar-refractivity contribution in [3.8, 4) is 11.5 Å². The SMILES string of the molecule is CC(C)C(NC(=O)CCC(=O)Oc1ccc2c3c1O[C@H]1C(=O)CCC4[C@@H](C2)N(C)CC[C@@]341)C(=O)O.S. The summed E-state index contributed by atoms with van der Waals surface area (Å²) in [5.74, 6) is -1.31. The minimum atomic E-state index is -1.12. The van der Waals surface area contributed by atoms with Crippen molar-refractivity contribution in [1.82, 2.24) is 10.2 Å². The van der Waals surface area contributed by atoms with Crippen molar-refractivity contribution < 1.29 is 33.8 Å². The number of esters is 1. The second-order valence-electron chi connectivity index (χ2n) is 10.7. The molecule has 2 unspecified atom stereocenters. The van der Waals surface area contributed by atoms with E-state index < -0.39 is 30.0 Å². The monoisotopic (exact) mass is 518 g/mol. The van der Waals surface area contributed by atoms with Gasteiger partial charge in [0.2, 0.25) is 5.91 Å². The van der Waals surface area contributed by atoms with Crippen LogP contribution in [0.3, 0.4) is 0 Å². The smallest absolute Gasteiger partial charge is 0.326 e. The number of likely N-dealkylation sites (tertiary alicyclic amines) is 1. The molecular weight excluding hydrogens is 484 g/mol. The summed E-state index contributed by atoms with van der Waals surface area (Å²) in [7, 11) is 2.15. The summed E-state index contributed by atoms with van der Waals surface area (Å²) in [6.07, 6.45) is 2.14.